The molecule has 1 aromatic heterocycles. The minimum Gasteiger partial charge on any atom is -0.330 e. The van der Waals surface area contributed by atoms with Gasteiger partial charge in [0, 0.05) is 0 Å². The molecule has 0 aliphatic heterocycles. The number of unbranched alkanes of at least 4 members (excludes halogenated alkanes) is 1. The van der Waals surface area contributed by atoms with Gasteiger partial charge in [0.05, 0.1) is 17.6 Å². The van der Waals surface area contributed by atoms with Gasteiger partial charge in [-0.05, 0) is 50.4 Å². The number of halogens is 1. The first kappa shape index (κ1) is 12.7. The molecule has 1 heterocycles. The Labute approximate surface area is 106 Å². The Bertz CT molecular complexity index is 521. The topological polar surface area (TPSA) is 56.7 Å². The smallest absolute Gasteiger partial charge is 0.128 e. The van der Waals surface area contributed by atoms with Crippen LogP contribution in [-0.2, 0) is 6.42 Å². The van der Waals surface area contributed by atoms with Crippen molar-refractivity contribution in [3.63, 3.8) is 0 Å². The molecule has 0 bridgehead atoms. The van der Waals surface area contributed by atoms with Crippen LogP contribution in [0.3, 0.4) is 0 Å². The molecule has 0 radical (unpaired) electrons. The normalized spacial score (nSPS) is 10.8. The van der Waals surface area contributed by atoms with E-state index < -0.39 is 0 Å². The van der Waals surface area contributed by atoms with Crippen LogP contribution in [0, 0.1) is 12.7 Å². The van der Waals surface area contributed by atoms with Gasteiger partial charge >= 0.3 is 0 Å². The largest absolute Gasteiger partial charge is 0.330 e. The summed E-state index contributed by atoms with van der Waals surface area (Å²) in [5.74, 6) is -0.229. The summed E-state index contributed by atoms with van der Waals surface area (Å²) in [6, 6.07) is 5.03. The summed E-state index contributed by atoms with van der Waals surface area (Å²) in [5.41, 5.74) is 7.66. The fourth-order valence-corrected chi connectivity index (χ4v) is 1.71. The van der Waals surface area contributed by atoms with E-state index >= 15 is 0 Å². The molecule has 0 aliphatic rings. The number of nitrogens with zero attached hydrogens (tertiary/aromatic N) is 3. The van der Waals surface area contributed by atoms with E-state index in [-0.39, 0.29) is 5.82 Å². The number of aryl methyl sites for hydroxylation is 2. The van der Waals surface area contributed by atoms with Gasteiger partial charge in [0.1, 0.15) is 5.82 Å². The van der Waals surface area contributed by atoms with Crippen LogP contribution in [0.2, 0.25) is 0 Å². The lowest BCUT2D eigenvalue weighted by atomic mass is 10.2. The number of nitrogens with two attached hydrogens (primary N) is 1. The zero-order valence-corrected chi connectivity index (χ0v) is 10.4. The highest BCUT2D eigenvalue weighted by Crippen LogP contribution is 2.13. The van der Waals surface area contributed by atoms with E-state index in [1.54, 1.807) is 17.7 Å². The maximum atomic E-state index is 13.4. The van der Waals surface area contributed by atoms with Gasteiger partial charge < -0.3 is 5.73 Å². The molecule has 0 saturated carbocycles. The summed E-state index contributed by atoms with van der Waals surface area (Å²) in [6.07, 6.45) is 4.66. The Morgan fingerprint density at radius 1 is 1.33 bits per heavy atom. The third-order valence-corrected chi connectivity index (χ3v) is 2.85. The molecule has 4 nitrogen and oxygen atoms in total. The van der Waals surface area contributed by atoms with Crippen molar-refractivity contribution in [1.29, 1.82) is 0 Å². The number of benzene rings is 1. The zero-order chi connectivity index (χ0) is 13.0. The Morgan fingerprint density at radius 3 is 2.89 bits per heavy atom. The molecule has 96 valence electrons. The molecule has 0 unspecified atom stereocenters. The molecule has 2 rings (SSSR count). The predicted molar refractivity (Wildman–Crippen MR) is 68.0 cm³/mol. The molecule has 18 heavy (non-hydrogen) atoms. The molecule has 0 spiro atoms. The SMILES string of the molecule is Cc1ccc(-n2cc(CCCCN)nn2)cc1F. The van der Waals surface area contributed by atoms with Gasteiger partial charge in [-0.1, -0.05) is 11.3 Å². The van der Waals surface area contributed by atoms with E-state index in [0.29, 0.717) is 17.8 Å². The van der Waals surface area contributed by atoms with E-state index in [1.807, 2.05) is 12.3 Å². The zero-order valence-electron chi connectivity index (χ0n) is 10.4. The molecular weight excluding hydrogens is 231 g/mol. The van der Waals surface area contributed by atoms with Crippen LogP contribution in [0.25, 0.3) is 5.69 Å². The van der Waals surface area contributed by atoms with Crippen molar-refractivity contribution in [2.24, 2.45) is 5.73 Å². The Balaban J connectivity index is 2.11. The summed E-state index contributed by atoms with van der Waals surface area (Å²) < 4.78 is 15.0. The van der Waals surface area contributed by atoms with E-state index in [2.05, 4.69) is 10.3 Å². The van der Waals surface area contributed by atoms with Gasteiger partial charge in [-0.3, -0.25) is 0 Å². The summed E-state index contributed by atoms with van der Waals surface area (Å²) in [6.45, 7) is 2.43. The summed E-state index contributed by atoms with van der Waals surface area (Å²) in [7, 11) is 0. The maximum Gasteiger partial charge on any atom is 0.128 e. The first-order valence-electron chi connectivity index (χ1n) is 6.08. The molecule has 5 heteroatoms. The number of hydrogen-bond donors (Lipinski definition) is 1. The van der Waals surface area contributed by atoms with Crippen LogP contribution in [0.4, 0.5) is 4.39 Å². The predicted octanol–water partition coefficient (Wildman–Crippen LogP) is 2.00. The highest BCUT2D eigenvalue weighted by atomic mass is 19.1. The van der Waals surface area contributed by atoms with E-state index in [0.717, 1.165) is 25.0 Å². The maximum absolute atomic E-state index is 13.4. The van der Waals surface area contributed by atoms with Crippen molar-refractivity contribution in [3.05, 3.63) is 41.5 Å². The monoisotopic (exact) mass is 248 g/mol. The fraction of sp³-hybridized carbons (Fsp3) is 0.385. The van der Waals surface area contributed by atoms with Gasteiger partial charge in [-0.15, -0.1) is 5.10 Å². The summed E-state index contributed by atoms with van der Waals surface area (Å²) >= 11 is 0. The minimum absolute atomic E-state index is 0.229. The lowest BCUT2D eigenvalue weighted by Gasteiger charge is -2.01. The molecule has 2 aromatic rings. The van der Waals surface area contributed by atoms with Crippen LogP contribution in [0.15, 0.2) is 24.4 Å². The quantitative estimate of drug-likeness (QED) is 0.823. The van der Waals surface area contributed by atoms with Crippen LogP contribution in [0.1, 0.15) is 24.1 Å². The van der Waals surface area contributed by atoms with Crippen molar-refractivity contribution in [1.82, 2.24) is 15.0 Å². The summed E-state index contributed by atoms with van der Waals surface area (Å²) in [5, 5.41) is 8.07. The van der Waals surface area contributed by atoms with Crippen LogP contribution in [0.5, 0.6) is 0 Å². The molecule has 1 aromatic carbocycles. The van der Waals surface area contributed by atoms with Crippen molar-refractivity contribution < 1.29 is 4.39 Å². The third-order valence-electron chi connectivity index (χ3n) is 2.85. The molecule has 0 aliphatic carbocycles. The van der Waals surface area contributed by atoms with E-state index in [4.69, 9.17) is 5.73 Å². The number of rotatable bonds is 5. The molecule has 2 N–H and O–H groups in total. The standard InChI is InChI=1S/C13H17FN4/c1-10-5-6-12(8-13(10)14)18-9-11(16-17-18)4-2-3-7-15/h5-6,8-9H,2-4,7,15H2,1H3. The first-order valence-corrected chi connectivity index (χ1v) is 6.08. The molecule has 0 amide bonds. The van der Waals surface area contributed by atoms with Crippen LogP contribution >= 0.6 is 0 Å². The second kappa shape index (κ2) is 5.73. The van der Waals surface area contributed by atoms with Crippen molar-refractivity contribution >= 4 is 0 Å². The van der Waals surface area contributed by atoms with Gasteiger partial charge in [-0.25, -0.2) is 9.07 Å². The van der Waals surface area contributed by atoms with Gasteiger partial charge in [0.2, 0.25) is 0 Å². The fourth-order valence-electron chi connectivity index (χ4n) is 1.71. The lowest BCUT2D eigenvalue weighted by molar-refractivity contribution is 0.615. The van der Waals surface area contributed by atoms with Crippen molar-refractivity contribution in [3.8, 4) is 5.69 Å². The average molecular weight is 248 g/mol. The van der Waals surface area contributed by atoms with Crippen LogP contribution in [-0.4, -0.2) is 21.5 Å². The highest BCUT2D eigenvalue weighted by Gasteiger charge is 2.05. The molecule has 0 saturated heterocycles. The minimum atomic E-state index is -0.229. The van der Waals surface area contributed by atoms with Gasteiger partial charge in [0.15, 0.2) is 0 Å². The molecular formula is C13H17FN4. The average Bonchev–Trinajstić information content (AvgIpc) is 2.82. The summed E-state index contributed by atoms with van der Waals surface area (Å²) in [4.78, 5) is 0. The first-order chi connectivity index (χ1) is 8.70. The van der Waals surface area contributed by atoms with Crippen molar-refractivity contribution in [2.45, 2.75) is 26.2 Å². The number of aromatic nitrogens is 3. The Morgan fingerprint density at radius 2 is 2.17 bits per heavy atom. The van der Waals surface area contributed by atoms with Crippen LogP contribution < -0.4 is 5.73 Å². The molecule has 0 atom stereocenters. The Kier molecular flexibility index (Phi) is 4.04. The van der Waals surface area contributed by atoms with E-state index in [1.165, 1.54) is 6.07 Å². The van der Waals surface area contributed by atoms with Crippen molar-refractivity contribution in [2.75, 3.05) is 6.54 Å². The Hall–Kier alpha value is -1.75. The second-order valence-electron chi connectivity index (χ2n) is 4.33. The van der Waals surface area contributed by atoms with Gasteiger partial charge in [0.25, 0.3) is 0 Å². The number of hydrogen-bond acceptors (Lipinski definition) is 3. The lowest BCUT2D eigenvalue weighted by Crippen LogP contribution is -1.99. The van der Waals surface area contributed by atoms with Gasteiger partial charge in [-0.2, -0.15) is 0 Å². The highest BCUT2D eigenvalue weighted by molar-refractivity contribution is 5.34. The van der Waals surface area contributed by atoms with E-state index in [9.17, 15) is 4.39 Å². The second-order valence-corrected chi connectivity index (χ2v) is 4.33. The molecule has 0 fully saturated rings. The third kappa shape index (κ3) is 2.92.